The quantitative estimate of drug-likeness (QED) is 0.656. The third-order valence-corrected chi connectivity index (χ3v) is 3.87. The van der Waals surface area contributed by atoms with Crippen LogP contribution in [-0.2, 0) is 4.74 Å². The van der Waals surface area contributed by atoms with Crippen LogP contribution in [-0.4, -0.2) is 50.3 Å². The molecule has 0 amide bonds. The summed E-state index contributed by atoms with van der Waals surface area (Å²) in [6.45, 7) is 8.97. The molecule has 3 heteroatoms. The monoisotopic (exact) mass is 240 g/mol. The van der Waals surface area contributed by atoms with Gasteiger partial charge < -0.3 is 15.0 Å². The van der Waals surface area contributed by atoms with E-state index in [0.717, 1.165) is 31.7 Å². The topological polar surface area (TPSA) is 24.5 Å². The fourth-order valence-corrected chi connectivity index (χ4v) is 2.44. The fraction of sp³-hybridized carbons (Fsp3) is 1.00. The third kappa shape index (κ3) is 5.36. The van der Waals surface area contributed by atoms with Crippen molar-refractivity contribution >= 4 is 0 Å². The molecule has 2 rings (SSSR count). The van der Waals surface area contributed by atoms with Crippen molar-refractivity contribution in [3.05, 3.63) is 0 Å². The van der Waals surface area contributed by atoms with Crippen molar-refractivity contribution in [2.45, 2.75) is 45.1 Å². The summed E-state index contributed by atoms with van der Waals surface area (Å²) in [7, 11) is 0. The Labute approximate surface area is 106 Å². The van der Waals surface area contributed by atoms with Gasteiger partial charge in [-0.05, 0) is 57.7 Å². The predicted molar refractivity (Wildman–Crippen MR) is 71.3 cm³/mol. The van der Waals surface area contributed by atoms with Gasteiger partial charge in [-0.15, -0.1) is 0 Å². The van der Waals surface area contributed by atoms with Crippen molar-refractivity contribution in [3.63, 3.8) is 0 Å². The van der Waals surface area contributed by atoms with Crippen LogP contribution in [0, 0.1) is 5.92 Å². The summed E-state index contributed by atoms with van der Waals surface area (Å²) in [5.41, 5.74) is 0. The highest BCUT2D eigenvalue weighted by Gasteiger charge is 2.21. The number of ether oxygens (including phenoxy) is 1. The van der Waals surface area contributed by atoms with Crippen LogP contribution in [0.4, 0.5) is 0 Å². The third-order valence-electron chi connectivity index (χ3n) is 3.87. The number of piperidine rings is 1. The van der Waals surface area contributed by atoms with E-state index in [0.29, 0.717) is 0 Å². The maximum Gasteiger partial charge on any atom is 0.0593 e. The Bertz CT molecular complexity index is 198. The average molecular weight is 240 g/mol. The van der Waals surface area contributed by atoms with Gasteiger partial charge in [0, 0.05) is 19.2 Å². The first-order valence-electron chi connectivity index (χ1n) is 7.42. The van der Waals surface area contributed by atoms with Crippen LogP contribution >= 0.6 is 0 Å². The zero-order chi connectivity index (χ0) is 11.9. The fourth-order valence-electron chi connectivity index (χ4n) is 2.44. The van der Waals surface area contributed by atoms with E-state index in [9.17, 15) is 0 Å². The van der Waals surface area contributed by atoms with E-state index in [4.69, 9.17) is 4.74 Å². The minimum absolute atomic E-state index is 0.763. The van der Waals surface area contributed by atoms with Gasteiger partial charge in [-0.1, -0.05) is 6.92 Å². The SMILES string of the molecule is CCCNC1CCN(CCOCC2CC2)CC1. The number of nitrogens with one attached hydrogen (secondary N) is 1. The molecule has 0 spiro atoms. The van der Waals surface area contributed by atoms with E-state index in [1.54, 1.807) is 0 Å². The summed E-state index contributed by atoms with van der Waals surface area (Å²) in [5.74, 6) is 0.902. The Morgan fingerprint density at radius 1 is 1.18 bits per heavy atom. The Kier molecular flexibility index (Phi) is 5.75. The largest absolute Gasteiger partial charge is 0.380 e. The van der Waals surface area contributed by atoms with Crippen molar-refractivity contribution in [1.82, 2.24) is 10.2 Å². The molecule has 0 aromatic heterocycles. The van der Waals surface area contributed by atoms with Crippen LogP contribution in [0.15, 0.2) is 0 Å². The number of likely N-dealkylation sites (tertiary alicyclic amines) is 1. The standard InChI is InChI=1S/C14H28N2O/c1-2-7-15-14-5-8-16(9-6-14)10-11-17-12-13-3-4-13/h13-15H,2-12H2,1H3. The molecular weight excluding hydrogens is 212 g/mol. The minimum atomic E-state index is 0.763. The summed E-state index contributed by atoms with van der Waals surface area (Å²) in [5, 5.41) is 3.62. The zero-order valence-electron chi connectivity index (χ0n) is 11.3. The molecule has 3 nitrogen and oxygen atoms in total. The lowest BCUT2D eigenvalue weighted by atomic mass is 10.1. The molecule has 1 heterocycles. The van der Waals surface area contributed by atoms with Crippen molar-refractivity contribution in [1.29, 1.82) is 0 Å². The predicted octanol–water partition coefficient (Wildman–Crippen LogP) is 1.88. The molecule has 2 fully saturated rings. The van der Waals surface area contributed by atoms with Gasteiger partial charge in [-0.25, -0.2) is 0 Å². The van der Waals surface area contributed by atoms with Gasteiger partial charge in [-0.2, -0.15) is 0 Å². The minimum Gasteiger partial charge on any atom is -0.380 e. The molecule has 17 heavy (non-hydrogen) atoms. The Hall–Kier alpha value is -0.120. The lowest BCUT2D eigenvalue weighted by molar-refractivity contribution is 0.0857. The molecule has 0 aromatic carbocycles. The van der Waals surface area contributed by atoms with Crippen molar-refractivity contribution in [2.75, 3.05) is 39.4 Å². The smallest absolute Gasteiger partial charge is 0.0593 e. The summed E-state index contributed by atoms with van der Waals surface area (Å²) in [6, 6.07) is 0.763. The van der Waals surface area contributed by atoms with Gasteiger partial charge in [0.05, 0.1) is 6.61 Å². The highest BCUT2D eigenvalue weighted by Crippen LogP contribution is 2.28. The van der Waals surface area contributed by atoms with Crippen molar-refractivity contribution in [2.24, 2.45) is 5.92 Å². The number of rotatable bonds is 8. The average Bonchev–Trinajstić information content (AvgIpc) is 3.18. The van der Waals surface area contributed by atoms with Gasteiger partial charge in [-0.3, -0.25) is 0 Å². The van der Waals surface area contributed by atoms with E-state index in [2.05, 4.69) is 17.1 Å². The van der Waals surface area contributed by atoms with E-state index < -0.39 is 0 Å². The molecule has 1 saturated heterocycles. The molecule has 0 bridgehead atoms. The Morgan fingerprint density at radius 2 is 1.94 bits per heavy atom. The first-order valence-corrected chi connectivity index (χ1v) is 7.42. The zero-order valence-corrected chi connectivity index (χ0v) is 11.3. The maximum absolute atomic E-state index is 5.69. The number of nitrogens with zero attached hydrogens (tertiary/aromatic N) is 1. The van der Waals surface area contributed by atoms with E-state index >= 15 is 0 Å². The van der Waals surface area contributed by atoms with Crippen molar-refractivity contribution in [3.8, 4) is 0 Å². The molecule has 100 valence electrons. The molecule has 2 aliphatic rings. The lowest BCUT2D eigenvalue weighted by Gasteiger charge is -2.32. The van der Waals surface area contributed by atoms with Gasteiger partial charge in [0.25, 0.3) is 0 Å². The van der Waals surface area contributed by atoms with Crippen molar-refractivity contribution < 1.29 is 4.74 Å². The molecule has 0 unspecified atom stereocenters. The lowest BCUT2D eigenvalue weighted by Crippen LogP contribution is -2.43. The molecule has 0 atom stereocenters. The Morgan fingerprint density at radius 3 is 2.59 bits per heavy atom. The molecule has 1 aliphatic heterocycles. The molecule has 1 saturated carbocycles. The first-order chi connectivity index (χ1) is 8.38. The van der Waals surface area contributed by atoms with Crippen LogP contribution in [0.3, 0.4) is 0 Å². The first kappa shape index (κ1) is 13.3. The number of hydrogen-bond acceptors (Lipinski definition) is 3. The summed E-state index contributed by atoms with van der Waals surface area (Å²) < 4.78 is 5.69. The van der Waals surface area contributed by atoms with E-state index in [-0.39, 0.29) is 0 Å². The van der Waals surface area contributed by atoms with Crippen LogP contribution in [0.5, 0.6) is 0 Å². The van der Waals surface area contributed by atoms with Crippen LogP contribution in [0.1, 0.15) is 39.0 Å². The van der Waals surface area contributed by atoms with E-state index in [1.807, 2.05) is 0 Å². The molecule has 1 N–H and O–H groups in total. The second-order valence-corrected chi connectivity index (χ2v) is 5.59. The second kappa shape index (κ2) is 7.34. The highest BCUT2D eigenvalue weighted by molar-refractivity contribution is 4.77. The molecule has 0 aromatic rings. The van der Waals surface area contributed by atoms with Gasteiger partial charge in [0.1, 0.15) is 0 Å². The summed E-state index contributed by atoms with van der Waals surface area (Å²) in [4.78, 5) is 2.55. The molecule has 1 aliphatic carbocycles. The maximum atomic E-state index is 5.69. The number of hydrogen-bond donors (Lipinski definition) is 1. The summed E-state index contributed by atoms with van der Waals surface area (Å²) in [6.07, 6.45) is 6.66. The van der Waals surface area contributed by atoms with Gasteiger partial charge >= 0.3 is 0 Å². The molecule has 0 radical (unpaired) electrons. The summed E-state index contributed by atoms with van der Waals surface area (Å²) >= 11 is 0. The second-order valence-electron chi connectivity index (χ2n) is 5.59. The van der Waals surface area contributed by atoms with Crippen LogP contribution < -0.4 is 5.32 Å². The van der Waals surface area contributed by atoms with E-state index in [1.165, 1.54) is 51.7 Å². The van der Waals surface area contributed by atoms with Gasteiger partial charge in [0.2, 0.25) is 0 Å². The van der Waals surface area contributed by atoms with Crippen LogP contribution in [0.2, 0.25) is 0 Å². The molecular formula is C14H28N2O. The highest BCUT2D eigenvalue weighted by atomic mass is 16.5. The normalized spacial score (nSPS) is 23.1. The Balaban J connectivity index is 1.46. The van der Waals surface area contributed by atoms with Gasteiger partial charge in [0.15, 0.2) is 0 Å². The van der Waals surface area contributed by atoms with Crippen LogP contribution in [0.25, 0.3) is 0 Å².